The molecule has 0 radical (unpaired) electrons. The summed E-state index contributed by atoms with van der Waals surface area (Å²) in [6, 6.07) is 12.8. The number of hydrogen-bond donors (Lipinski definition) is 0. The van der Waals surface area contributed by atoms with Crippen molar-refractivity contribution in [2.24, 2.45) is 11.8 Å². The summed E-state index contributed by atoms with van der Waals surface area (Å²) < 4.78 is 28.2. The van der Waals surface area contributed by atoms with Crippen molar-refractivity contribution in [1.82, 2.24) is 19.6 Å². The van der Waals surface area contributed by atoms with Crippen molar-refractivity contribution in [3.8, 4) is 0 Å². The molecule has 0 saturated carbocycles. The number of nitrogens with zero attached hydrogens (tertiary/aromatic N) is 4. The largest absolute Gasteiger partial charge is 0.305 e. The second kappa shape index (κ2) is 11.3. The highest BCUT2D eigenvalue weighted by atomic mass is 19.1. The zero-order valence-corrected chi connectivity index (χ0v) is 24.1. The molecule has 2 aliphatic carbocycles. The number of hydrogen-bond acceptors (Lipinski definition) is 4. The SMILES string of the molecule is C[C@@H]1CN(C2CCc3cccc(F)c32)C[C@H]1N(C)C.C[C@H]1CN(C2CCc3cccc(F)c32)C[C@@H]1N(C)C. The fraction of sp³-hybridized carbons (Fsp3) is 0.625. The Morgan fingerprint density at radius 1 is 0.632 bits per heavy atom. The van der Waals surface area contributed by atoms with Gasteiger partial charge in [0, 0.05) is 61.5 Å². The van der Waals surface area contributed by atoms with E-state index in [1.165, 1.54) is 11.1 Å². The van der Waals surface area contributed by atoms with Crippen LogP contribution in [0, 0.1) is 23.5 Å². The van der Waals surface area contributed by atoms with Gasteiger partial charge in [-0.05, 0) is 89.0 Å². The number of aryl methyl sites for hydroxylation is 2. The average molecular weight is 525 g/mol. The summed E-state index contributed by atoms with van der Waals surface area (Å²) in [4.78, 5) is 9.60. The van der Waals surface area contributed by atoms with Crippen LogP contribution in [-0.2, 0) is 12.8 Å². The van der Waals surface area contributed by atoms with E-state index >= 15 is 0 Å². The van der Waals surface area contributed by atoms with Crippen LogP contribution in [0.1, 0.15) is 61.0 Å². The number of halogens is 2. The molecular weight excluding hydrogens is 478 g/mol. The Kier molecular flexibility index (Phi) is 8.25. The Labute approximate surface area is 228 Å². The molecule has 6 rings (SSSR count). The number of likely N-dealkylation sites (tertiary alicyclic amines) is 2. The summed E-state index contributed by atoms with van der Waals surface area (Å²) in [5, 5.41) is 0. The van der Waals surface area contributed by atoms with Gasteiger partial charge in [0.15, 0.2) is 0 Å². The van der Waals surface area contributed by atoms with E-state index in [4.69, 9.17) is 0 Å². The topological polar surface area (TPSA) is 13.0 Å². The third kappa shape index (κ3) is 5.30. The van der Waals surface area contributed by atoms with Gasteiger partial charge in [-0.15, -0.1) is 0 Å². The van der Waals surface area contributed by atoms with E-state index in [0.717, 1.165) is 63.0 Å². The Hall–Kier alpha value is -1.86. The smallest absolute Gasteiger partial charge is 0.128 e. The molecule has 0 amide bonds. The van der Waals surface area contributed by atoms with E-state index in [0.29, 0.717) is 36.0 Å². The number of rotatable bonds is 4. The van der Waals surface area contributed by atoms with Crippen LogP contribution in [-0.4, -0.2) is 86.1 Å². The van der Waals surface area contributed by atoms with Gasteiger partial charge in [0.25, 0.3) is 0 Å². The van der Waals surface area contributed by atoms with Gasteiger partial charge < -0.3 is 9.80 Å². The van der Waals surface area contributed by atoms with Crippen molar-refractivity contribution in [3.05, 3.63) is 70.3 Å². The van der Waals surface area contributed by atoms with Gasteiger partial charge in [-0.3, -0.25) is 9.80 Å². The molecule has 0 N–H and O–H groups in total. The van der Waals surface area contributed by atoms with Gasteiger partial charge in [-0.1, -0.05) is 38.1 Å². The molecule has 2 aromatic carbocycles. The standard InChI is InChI=1S/2C16H23FN2/c2*1-11-9-19(10-15(11)18(2)3)14-8-7-12-5-4-6-13(17)16(12)14/h2*4-6,11,14-15H,7-10H2,1-3H3/t2*11-,14?,15-/m10/s1. The van der Waals surface area contributed by atoms with Gasteiger partial charge in [-0.2, -0.15) is 0 Å². The van der Waals surface area contributed by atoms with Crippen LogP contribution in [0.5, 0.6) is 0 Å². The highest BCUT2D eigenvalue weighted by Gasteiger charge is 2.40. The molecule has 6 atom stereocenters. The molecule has 4 aliphatic rings. The minimum absolute atomic E-state index is 0.0130. The first-order valence-electron chi connectivity index (χ1n) is 14.5. The van der Waals surface area contributed by atoms with Crippen molar-refractivity contribution in [2.45, 2.75) is 63.7 Å². The molecule has 2 unspecified atom stereocenters. The second-order valence-electron chi connectivity index (χ2n) is 12.7. The Bertz CT molecular complexity index is 1030. The van der Waals surface area contributed by atoms with Crippen molar-refractivity contribution >= 4 is 0 Å². The third-order valence-electron chi connectivity index (χ3n) is 9.74. The molecule has 38 heavy (non-hydrogen) atoms. The fourth-order valence-corrected chi connectivity index (χ4v) is 7.78. The molecule has 2 fully saturated rings. The van der Waals surface area contributed by atoms with Crippen LogP contribution in [0.3, 0.4) is 0 Å². The maximum absolute atomic E-state index is 14.1. The summed E-state index contributed by atoms with van der Waals surface area (Å²) in [5.41, 5.74) is 4.36. The third-order valence-corrected chi connectivity index (χ3v) is 9.74. The van der Waals surface area contributed by atoms with Crippen LogP contribution >= 0.6 is 0 Å². The number of fused-ring (bicyclic) bond motifs is 2. The molecule has 2 heterocycles. The molecule has 2 aliphatic heterocycles. The zero-order valence-electron chi connectivity index (χ0n) is 24.1. The quantitative estimate of drug-likeness (QED) is 0.532. The van der Waals surface area contributed by atoms with Gasteiger partial charge in [0.2, 0.25) is 0 Å². The lowest BCUT2D eigenvalue weighted by Gasteiger charge is -2.26. The molecule has 2 saturated heterocycles. The summed E-state index contributed by atoms with van der Waals surface area (Å²) in [6.07, 6.45) is 4.19. The predicted octanol–water partition coefficient (Wildman–Crippen LogP) is 5.39. The highest BCUT2D eigenvalue weighted by Crippen LogP contribution is 2.41. The van der Waals surface area contributed by atoms with Crippen LogP contribution < -0.4 is 0 Å². The first-order valence-corrected chi connectivity index (χ1v) is 14.5. The van der Waals surface area contributed by atoms with Crippen LogP contribution in [0.25, 0.3) is 0 Å². The van der Waals surface area contributed by atoms with Crippen LogP contribution in [0.2, 0.25) is 0 Å². The molecule has 208 valence electrons. The lowest BCUT2D eigenvalue weighted by Crippen LogP contribution is -2.35. The average Bonchev–Trinajstić information content (AvgIpc) is 3.64. The lowest BCUT2D eigenvalue weighted by atomic mass is 10.1. The maximum Gasteiger partial charge on any atom is 0.128 e. The summed E-state index contributed by atoms with van der Waals surface area (Å²) in [7, 11) is 8.59. The van der Waals surface area contributed by atoms with Crippen LogP contribution in [0.15, 0.2) is 36.4 Å². The summed E-state index contributed by atoms with van der Waals surface area (Å²) >= 11 is 0. The monoisotopic (exact) mass is 524 g/mol. The van der Waals surface area contributed by atoms with E-state index in [2.05, 4.69) is 73.8 Å². The molecule has 0 aromatic heterocycles. The van der Waals surface area contributed by atoms with E-state index in [9.17, 15) is 8.78 Å². The fourth-order valence-electron chi connectivity index (χ4n) is 7.78. The zero-order chi connectivity index (χ0) is 27.1. The molecule has 4 nitrogen and oxygen atoms in total. The first kappa shape index (κ1) is 27.7. The summed E-state index contributed by atoms with van der Waals surface area (Å²) in [6.45, 7) is 8.91. The normalized spacial score (nSPS) is 31.1. The Morgan fingerprint density at radius 3 is 1.37 bits per heavy atom. The number of likely N-dealkylation sites (N-methyl/N-ethyl adjacent to an activating group) is 2. The van der Waals surface area contributed by atoms with Gasteiger partial charge >= 0.3 is 0 Å². The van der Waals surface area contributed by atoms with Gasteiger partial charge in [0.05, 0.1) is 0 Å². The summed E-state index contributed by atoms with van der Waals surface area (Å²) in [5.74, 6) is 1.29. The highest BCUT2D eigenvalue weighted by molar-refractivity contribution is 5.37. The molecule has 0 spiro atoms. The van der Waals surface area contributed by atoms with Gasteiger partial charge in [-0.25, -0.2) is 8.78 Å². The van der Waals surface area contributed by atoms with Crippen molar-refractivity contribution in [3.63, 3.8) is 0 Å². The van der Waals surface area contributed by atoms with E-state index in [1.807, 2.05) is 12.1 Å². The predicted molar refractivity (Wildman–Crippen MR) is 151 cm³/mol. The first-order chi connectivity index (χ1) is 18.2. The van der Waals surface area contributed by atoms with Gasteiger partial charge in [0.1, 0.15) is 11.6 Å². The molecule has 2 aromatic rings. The second-order valence-corrected chi connectivity index (χ2v) is 12.7. The van der Waals surface area contributed by atoms with Crippen molar-refractivity contribution < 1.29 is 8.78 Å². The maximum atomic E-state index is 14.1. The molecular formula is C32H46F2N4. The van der Waals surface area contributed by atoms with E-state index in [-0.39, 0.29) is 11.6 Å². The Morgan fingerprint density at radius 2 is 1.03 bits per heavy atom. The van der Waals surface area contributed by atoms with Crippen molar-refractivity contribution in [2.75, 3.05) is 54.4 Å². The van der Waals surface area contributed by atoms with E-state index < -0.39 is 0 Å². The van der Waals surface area contributed by atoms with Crippen molar-refractivity contribution in [1.29, 1.82) is 0 Å². The minimum Gasteiger partial charge on any atom is -0.305 e. The molecule has 6 heteroatoms. The number of benzene rings is 2. The Balaban J connectivity index is 0.000000155. The molecule has 0 bridgehead atoms. The minimum atomic E-state index is -0.0130. The lowest BCUT2D eigenvalue weighted by molar-refractivity contribution is 0.213. The van der Waals surface area contributed by atoms with Crippen LogP contribution in [0.4, 0.5) is 8.78 Å². The van der Waals surface area contributed by atoms with E-state index in [1.54, 1.807) is 12.1 Å².